The Morgan fingerprint density at radius 3 is 2.01 bits per heavy atom. The van der Waals surface area contributed by atoms with Crippen molar-refractivity contribution in [2.45, 2.75) is 193 Å². The Morgan fingerprint density at radius 2 is 1.41 bits per heavy atom. The van der Waals surface area contributed by atoms with Crippen molar-refractivity contribution in [3.05, 3.63) is 23.3 Å². The molecular weight excluding hydrogens is 1010 g/mol. The van der Waals surface area contributed by atoms with Crippen molar-refractivity contribution in [3.63, 3.8) is 0 Å². The Bertz CT molecular complexity index is 2340. The smallest absolute Gasteiger partial charge is 0.336 e. The maximum Gasteiger partial charge on any atom is 0.336 e. The minimum Gasteiger partial charge on any atom is -0.477 e. The molecule has 8 aliphatic rings. The maximum absolute atomic E-state index is 14.0. The minimum atomic E-state index is -1.92. The predicted molar refractivity (Wildman–Crippen MR) is 256 cm³/mol. The number of amides is 3. The number of esters is 1. The lowest BCUT2D eigenvalue weighted by Gasteiger charge is -2.62. The SMILES string of the molecule is CO[C@@H]1OC(CO)[C@@H](O[C@@H]2OC(CO)[C@@H](O[C@@H]3OC(CO)[C@@H](OC)[C@H](O)C3NC(C)=O)[C@H](O)C2NC(=O)CCC(=O)NC(C)(C)C(=O)Oc2ccc3c4c2O[C@H]2C(=O)CC[C@@]5(O)[C@@H](C3)N(CC3CC3)CC[C@]425)[C@H](O)C1N. The van der Waals surface area contributed by atoms with Crippen LogP contribution in [0.2, 0.25) is 0 Å². The molecule has 6 unspecified atom stereocenters. The molecule has 5 heterocycles. The number of Topliss-reactive ketones (excluding diaryl/α,β-unsaturated/α-hetero) is 1. The third-order valence-corrected chi connectivity index (χ3v) is 16.7. The van der Waals surface area contributed by atoms with E-state index >= 15 is 0 Å². The number of likely N-dealkylation sites (tertiary alicyclic amines) is 1. The van der Waals surface area contributed by atoms with Crippen molar-refractivity contribution in [1.29, 1.82) is 0 Å². The molecular formula is C50H73N5O21. The number of piperidine rings is 1. The van der Waals surface area contributed by atoms with Crippen LogP contribution in [-0.2, 0) is 69.0 Å². The number of aliphatic hydroxyl groups excluding tert-OH is 6. The molecule has 76 heavy (non-hydrogen) atoms. The monoisotopic (exact) mass is 1080 g/mol. The summed E-state index contributed by atoms with van der Waals surface area (Å²) in [6.07, 6.45) is -16.3. The topological polar surface area (TPSA) is 375 Å². The van der Waals surface area contributed by atoms with Crippen LogP contribution in [0.15, 0.2) is 12.1 Å². The van der Waals surface area contributed by atoms with Crippen molar-refractivity contribution >= 4 is 29.5 Å². The number of nitrogens with zero attached hydrogens (tertiary/aromatic N) is 1. The van der Waals surface area contributed by atoms with E-state index in [1.54, 1.807) is 6.07 Å². The Balaban J connectivity index is 0.892. The number of carbonyl (C=O) groups excluding carboxylic acids is 5. The molecule has 0 radical (unpaired) electrons. The number of hydrogen-bond acceptors (Lipinski definition) is 23. The van der Waals surface area contributed by atoms with Gasteiger partial charge in [-0.1, -0.05) is 6.07 Å². The Hall–Kier alpha value is -4.07. The van der Waals surface area contributed by atoms with E-state index in [0.717, 1.165) is 31.9 Å². The van der Waals surface area contributed by atoms with E-state index in [4.69, 9.17) is 48.4 Å². The normalized spacial score (nSPS) is 39.9. The number of benzene rings is 1. The van der Waals surface area contributed by atoms with Crippen LogP contribution in [0.3, 0.4) is 0 Å². The van der Waals surface area contributed by atoms with Crippen LogP contribution in [0.1, 0.15) is 76.8 Å². The molecule has 2 saturated carbocycles. The van der Waals surface area contributed by atoms with Gasteiger partial charge in [0, 0.05) is 58.6 Å². The quantitative estimate of drug-likeness (QED) is 0.0459. The van der Waals surface area contributed by atoms with E-state index < -0.39 is 171 Å². The van der Waals surface area contributed by atoms with Crippen molar-refractivity contribution in [2.24, 2.45) is 11.7 Å². The number of aliphatic hydroxyl groups is 7. The molecule has 19 atom stereocenters. The van der Waals surface area contributed by atoms with Gasteiger partial charge in [-0.15, -0.1) is 0 Å². The standard InChI is InChI=1S/C50H73N5O21/c1-21(59)52-34-37(64)40(68-4)26(18-56)71-45(34)76-42-28(20-58)72-46(75-41-27(19-57)70-44(69-5)33(51)36(41)63)35(38(42)65)53-30(61)10-11-31(62)54-48(2,3)47(66)73-25-9-8-23-16-29-50(67)13-12-24(60)43-49(50,32(23)39(25)74-43)14-15-55(29)17-22-6-7-22/h8-9,22,26-29,33-38,40-46,56-58,63-65,67H,6-7,10-20,51H2,1-5H3,(H,52,59)(H,53,61)(H,54,62)/t26?,27?,28?,29-,33?,34?,35?,36-,37-,38-,40-,41-,42-,43+,44-,45+,46+,49+,50-/m1/s1. The summed E-state index contributed by atoms with van der Waals surface area (Å²) in [7, 11) is 2.52. The molecule has 1 aromatic rings. The van der Waals surface area contributed by atoms with Gasteiger partial charge >= 0.3 is 5.97 Å². The second-order valence-electron chi connectivity index (χ2n) is 21.9. The molecule has 1 aromatic carbocycles. The number of ether oxygens (including phenoxy) is 9. The lowest BCUT2D eigenvalue weighted by atomic mass is 9.49. The highest BCUT2D eigenvalue weighted by molar-refractivity contribution is 5.92. The lowest BCUT2D eigenvalue weighted by molar-refractivity contribution is -0.352. The van der Waals surface area contributed by atoms with Crippen LogP contribution in [0.5, 0.6) is 11.5 Å². The summed E-state index contributed by atoms with van der Waals surface area (Å²) in [5.74, 6) is -2.47. The van der Waals surface area contributed by atoms with Crippen LogP contribution in [0, 0.1) is 5.92 Å². The van der Waals surface area contributed by atoms with Crippen molar-refractivity contribution in [2.75, 3.05) is 47.1 Å². The molecule has 424 valence electrons. The molecule has 12 N–H and O–H groups in total. The van der Waals surface area contributed by atoms with Gasteiger partial charge < -0.3 is 100 Å². The van der Waals surface area contributed by atoms with Gasteiger partial charge in [-0.05, 0) is 70.0 Å². The highest BCUT2D eigenvalue weighted by Crippen LogP contribution is 2.65. The number of hydrogen-bond donors (Lipinski definition) is 11. The number of nitrogens with two attached hydrogens (primary N) is 1. The van der Waals surface area contributed by atoms with Crippen molar-refractivity contribution in [3.8, 4) is 11.5 Å². The number of carbonyl (C=O) groups is 5. The van der Waals surface area contributed by atoms with Crippen LogP contribution in [0.4, 0.5) is 0 Å². The number of ketones is 1. The van der Waals surface area contributed by atoms with E-state index in [2.05, 4.69) is 20.9 Å². The predicted octanol–water partition coefficient (Wildman–Crippen LogP) is -4.62. The third kappa shape index (κ3) is 10.1. The first-order valence-corrected chi connectivity index (χ1v) is 26.0. The summed E-state index contributed by atoms with van der Waals surface area (Å²) in [4.78, 5) is 69.7. The van der Waals surface area contributed by atoms with E-state index in [0.29, 0.717) is 37.3 Å². The average molecular weight is 1080 g/mol. The summed E-state index contributed by atoms with van der Waals surface area (Å²) in [6.45, 7) is 3.23. The third-order valence-electron chi connectivity index (χ3n) is 16.7. The fraction of sp³-hybridized carbons (Fsp3) is 0.780. The van der Waals surface area contributed by atoms with Gasteiger partial charge in [-0.3, -0.25) is 24.1 Å². The fourth-order valence-electron chi connectivity index (χ4n) is 12.7. The summed E-state index contributed by atoms with van der Waals surface area (Å²) < 4.78 is 52.9. The molecule has 5 aliphatic heterocycles. The Kier molecular flexibility index (Phi) is 16.6. The summed E-state index contributed by atoms with van der Waals surface area (Å²) in [5.41, 5.74) is 3.81. The Morgan fingerprint density at radius 1 is 0.816 bits per heavy atom. The zero-order chi connectivity index (χ0) is 54.8. The highest BCUT2D eigenvalue weighted by Gasteiger charge is 2.73. The van der Waals surface area contributed by atoms with Crippen molar-refractivity contribution < 1.29 is 102 Å². The largest absolute Gasteiger partial charge is 0.477 e. The average Bonchev–Trinajstić information content (AvgIpc) is 4.32. The molecule has 26 heteroatoms. The molecule has 1 spiro atoms. The minimum absolute atomic E-state index is 0.0290. The van der Waals surface area contributed by atoms with Gasteiger partial charge in [0.1, 0.15) is 72.6 Å². The van der Waals surface area contributed by atoms with Gasteiger partial charge in [0.05, 0.1) is 36.9 Å². The van der Waals surface area contributed by atoms with Gasteiger partial charge in [0.15, 0.2) is 42.3 Å². The number of rotatable bonds is 19. The molecule has 2 bridgehead atoms. The molecule has 4 saturated heterocycles. The highest BCUT2D eigenvalue weighted by atomic mass is 16.7. The second kappa shape index (κ2) is 22.2. The van der Waals surface area contributed by atoms with Gasteiger partial charge in [-0.25, -0.2) is 4.79 Å². The molecule has 26 nitrogen and oxygen atoms in total. The first kappa shape index (κ1) is 56.6. The van der Waals surface area contributed by atoms with E-state index in [-0.39, 0.29) is 29.7 Å². The van der Waals surface area contributed by atoms with Crippen molar-refractivity contribution in [1.82, 2.24) is 20.9 Å². The van der Waals surface area contributed by atoms with Crippen LogP contribution in [0.25, 0.3) is 0 Å². The maximum atomic E-state index is 14.0. The van der Waals surface area contributed by atoms with Crippen LogP contribution >= 0.6 is 0 Å². The molecule has 3 amide bonds. The molecule has 6 fully saturated rings. The van der Waals surface area contributed by atoms with E-state index in [9.17, 15) is 59.7 Å². The first-order valence-electron chi connectivity index (χ1n) is 26.0. The van der Waals surface area contributed by atoms with Gasteiger partial charge in [-0.2, -0.15) is 0 Å². The van der Waals surface area contributed by atoms with Gasteiger partial charge in [0.2, 0.25) is 17.7 Å². The fourth-order valence-corrected chi connectivity index (χ4v) is 12.7. The number of methoxy groups -OCH3 is 2. The first-order chi connectivity index (χ1) is 36.1. The van der Waals surface area contributed by atoms with Gasteiger partial charge in [0.25, 0.3) is 0 Å². The molecule has 9 rings (SSSR count). The summed E-state index contributed by atoms with van der Waals surface area (Å²) in [6, 6.07) is -1.05. The summed E-state index contributed by atoms with van der Waals surface area (Å²) in [5, 5.41) is 85.9. The number of nitrogens with one attached hydrogen (secondary N) is 3. The summed E-state index contributed by atoms with van der Waals surface area (Å²) >= 11 is 0. The Labute approximate surface area is 438 Å². The second-order valence-corrected chi connectivity index (χ2v) is 21.9. The zero-order valence-electron chi connectivity index (χ0n) is 43.1. The molecule has 0 aromatic heterocycles. The van der Waals surface area contributed by atoms with E-state index in [1.807, 2.05) is 6.07 Å². The van der Waals surface area contributed by atoms with Crippen LogP contribution in [-0.4, -0.2) is 232 Å². The zero-order valence-corrected chi connectivity index (χ0v) is 43.1. The molecule has 3 aliphatic carbocycles. The van der Waals surface area contributed by atoms with Crippen LogP contribution < -0.4 is 31.2 Å². The van der Waals surface area contributed by atoms with E-state index in [1.165, 1.54) is 28.1 Å². The lowest BCUT2D eigenvalue weighted by Crippen LogP contribution is -2.76.